The lowest BCUT2D eigenvalue weighted by molar-refractivity contribution is -0.870. The van der Waals surface area contributed by atoms with Gasteiger partial charge in [-0.25, -0.2) is 0 Å². The van der Waals surface area contributed by atoms with Crippen LogP contribution in [-0.2, 0) is 33.3 Å². The van der Waals surface area contributed by atoms with Crippen LogP contribution in [0.1, 0.15) is 393 Å². The third kappa shape index (κ3) is 67.5. The molecule has 9 heteroatoms. The number of carbonyl (C=O) groups excluding carboxylic acids is 3. The molecule has 498 valence electrons. The molecule has 0 aromatic carbocycles. The van der Waals surface area contributed by atoms with Crippen LogP contribution in [-0.4, -0.2) is 82.3 Å². The van der Waals surface area contributed by atoms with Crippen molar-refractivity contribution in [3.8, 4) is 0 Å². The van der Waals surface area contributed by atoms with Gasteiger partial charge in [0.05, 0.1) is 40.3 Å². The zero-order chi connectivity index (χ0) is 61.2. The first kappa shape index (κ1) is 82.0. The average molecular weight is 1190 g/mol. The first-order chi connectivity index (χ1) is 41.1. The number of aliphatic carboxylic acids is 1. The number of carboxylic acids is 1. The molecule has 0 spiro atoms. The quantitative estimate of drug-likeness (QED) is 0.0195. The second-order valence-corrected chi connectivity index (χ2v) is 27.0. The van der Waals surface area contributed by atoms with Crippen LogP contribution in [0.5, 0.6) is 0 Å². The van der Waals surface area contributed by atoms with E-state index < -0.39 is 24.3 Å². The number of rotatable bonds is 71. The maximum absolute atomic E-state index is 12.9. The lowest BCUT2D eigenvalue weighted by Crippen LogP contribution is -2.44. The van der Waals surface area contributed by atoms with E-state index in [-0.39, 0.29) is 32.2 Å². The summed E-state index contributed by atoms with van der Waals surface area (Å²) in [5, 5.41) is 11.8. The fourth-order valence-corrected chi connectivity index (χ4v) is 11.5. The van der Waals surface area contributed by atoms with E-state index in [1.165, 1.54) is 315 Å². The van der Waals surface area contributed by atoms with Crippen molar-refractivity contribution in [2.24, 2.45) is 0 Å². The highest BCUT2D eigenvalue weighted by atomic mass is 16.7. The number of likely N-dealkylation sites (N-methyl/N-ethyl adjacent to an activating group) is 1. The molecule has 0 aliphatic heterocycles. The number of hydrogen-bond acceptors (Lipinski definition) is 8. The standard InChI is InChI=1S/C75H145NO8/c1-6-8-10-12-14-16-18-20-22-24-26-27-28-29-30-31-32-33-34-35-36-37-38-39-40-41-42-43-44-45-46-47-48-50-51-53-55-57-59-61-63-65-72(77)82-69-71(70-83-75(74(79)80)81-68-67-76(3,4)5)84-73(78)66-64-62-60-58-56-54-52-49-25-23-21-19-17-15-13-11-9-7-2/h23,25,71,75H,6-22,24,26-70H2,1-5H3/b25-23-. The molecule has 0 heterocycles. The number of hydrogen-bond donors (Lipinski definition) is 0. The largest absolute Gasteiger partial charge is 0.545 e. The minimum atomic E-state index is -1.62. The maximum Gasteiger partial charge on any atom is 0.306 e. The van der Waals surface area contributed by atoms with Gasteiger partial charge in [-0.15, -0.1) is 0 Å². The Kier molecular flexibility index (Phi) is 65.4. The summed E-state index contributed by atoms with van der Waals surface area (Å²) in [6, 6.07) is 0. The summed E-state index contributed by atoms with van der Waals surface area (Å²) in [5.74, 6) is -2.26. The van der Waals surface area contributed by atoms with Gasteiger partial charge in [0.1, 0.15) is 13.2 Å². The Balaban J connectivity index is 3.87. The van der Waals surface area contributed by atoms with Gasteiger partial charge in [-0.3, -0.25) is 9.59 Å². The van der Waals surface area contributed by atoms with Crippen molar-refractivity contribution < 1.29 is 42.9 Å². The molecule has 0 aromatic heterocycles. The van der Waals surface area contributed by atoms with Crippen LogP contribution in [0.3, 0.4) is 0 Å². The number of carbonyl (C=O) groups is 3. The normalized spacial score (nSPS) is 12.6. The minimum absolute atomic E-state index is 0.151. The summed E-state index contributed by atoms with van der Waals surface area (Å²) >= 11 is 0. The summed E-state index contributed by atoms with van der Waals surface area (Å²) in [6.07, 6.45) is 79.1. The molecule has 2 atom stereocenters. The van der Waals surface area contributed by atoms with Crippen molar-refractivity contribution >= 4 is 17.9 Å². The molecule has 0 saturated heterocycles. The van der Waals surface area contributed by atoms with E-state index in [4.69, 9.17) is 18.9 Å². The summed E-state index contributed by atoms with van der Waals surface area (Å²) in [6.45, 7) is 4.81. The lowest BCUT2D eigenvalue weighted by atomic mass is 10.0. The van der Waals surface area contributed by atoms with Crippen molar-refractivity contribution in [3.63, 3.8) is 0 Å². The number of quaternary nitrogens is 1. The second kappa shape index (κ2) is 67.0. The van der Waals surface area contributed by atoms with E-state index in [1.807, 2.05) is 21.1 Å². The fraction of sp³-hybridized carbons (Fsp3) is 0.933. The minimum Gasteiger partial charge on any atom is -0.545 e. The number of carboxylic acid groups (broad SMARTS) is 1. The van der Waals surface area contributed by atoms with E-state index in [0.29, 0.717) is 23.9 Å². The van der Waals surface area contributed by atoms with Crippen LogP contribution in [0, 0.1) is 0 Å². The second-order valence-electron chi connectivity index (χ2n) is 27.0. The average Bonchev–Trinajstić information content (AvgIpc) is 3.55. The van der Waals surface area contributed by atoms with Crippen LogP contribution in [0.2, 0.25) is 0 Å². The van der Waals surface area contributed by atoms with Crippen LogP contribution in [0.4, 0.5) is 0 Å². The highest BCUT2D eigenvalue weighted by Gasteiger charge is 2.22. The lowest BCUT2D eigenvalue weighted by Gasteiger charge is -2.26. The smallest absolute Gasteiger partial charge is 0.306 e. The SMILES string of the molecule is CCCCCCCCC/C=C\CCCCCCCCCC(=O)OC(COC(=O)CCCCCCCCCCCCCCCCCCCCCCCCCCCCCCCCCCCCCCCCCCC)COC(OCC[N+](C)(C)C)C(=O)[O-]. The molecule has 2 unspecified atom stereocenters. The van der Waals surface area contributed by atoms with E-state index in [9.17, 15) is 19.5 Å². The van der Waals surface area contributed by atoms with Crippen molar-refractivity contribution in [2.45, 2.75) is 405 Å². The van der Waals surface area contributed by atoms with Crippen molar-refractivity contribution in [1.29, 1.82) is 0 Å². The van der Waals surface area contributed by atoms with Crippen LogP contribution >= 0.6 is 0 Å². The summed E-state index contributed by atoms with van der Waals surface area (Å²) in [7, 11) is 5.94. The van der Waals surface area contributed by atoms with Gasteiger partial charge in [0.2, 0.25) is 0 Å². The molecule has 0 aliphatic carbocycles. The van der Waals surface area contributed by atoms with E-state index >= 15 is 0 Å². The van der Waals surface area contributed by atoms with Gasteiger partial charge in [0.15, 0.2) is 12.4 Å². The van der Waals surface area contributed by atoms with E-state index in [2.05, 4.69) is 26.0 Å². The molecular weight excluding hydrogens is 1040 g/mol. The molecule has 84 heavy (non-hydrogen) atoms. The molecule has 0 bridgehead atoms. The Morgan fingerprint density at radius 2 is 0.607 bits per heavy atom. The summed E-state index contributed by atoms with van der Waals surface area (Å²) in [5.41, 5.74) is 0. The van der Waals surface area contributed by atoms with Gasteiger partial charge in [-0.05, 0) is 38.5 Å². The van der Waals surface area contributed by atoms with Gasteiger partial charge in [0, 0.05) is 12.8 Å². The molecule has 0 amide bonds. The Hall–Kier alpha value is -1.97. The monoisotopic (exact) mass is 1190 g/mol. The number of nitrogens with zero attached hydrogens (tertiary/aromatic N) is 1. The topological polar surface area (TPSA) is 111 Å². The number of unbranched alkanes of at least 4 members (excludes halogenated alkanes) is 54. The highest BCUT2D eigenvalue weighted by Crippen LogP contribution is 2.20. The van der Waals surface area contributed by atoms with Crippen LogP contribution in [0.25, 0.3) is 0 Å². The van der Waals surface area contributed by atoms with Gasteiger partial charge in [-0.1, -0.05) is 353 Å². The predicted octanol–water partition coefficient (Wildman–Crippen LogP) is 21.9. The number of allylic oxidation sites excluding steroid dienone is 2. The molecule has 0 radical (unpaired) electrons. The third-order valence-electron chi connectivity index (χ3n) is 17.3. The molecule has 0 aromatic rings. The number of ether oxygens (including phenoxy) is 4. The zero-order valence-electron chi connectivity index (χ0n) is 57.1. The van der Waals surface area contributed by atoms with Crippen molar-refractivity contribution in [2.75, 3.05) is 47.5 Å². The van der Waals surface area contributed by atoms with Gasteiger partial charge in [0.25, 0.3) is 0 Å². The Morgan fingerprint density at radius 1 is 0.345 bits per heavy atom. The first-order valence-electron chi connectivity index (χ1n) is 37.3. The third-order valence-corrected chi connectivity index (χ3v) is 17.3. The first-order valence-corrected chi connectivity index (χ1v) is 37.3. The van der Waals surface area contributed by atoms with Gasteiger partial charge in [-0.2, -0.15) is 0 Å². The molecule has 9 nitrogen and oxygen atoms in total. The fourth-order valence-electron chi connectivity index (χ4n) is 11.5. The molecule has 0 N–H and O–H groups in total. The van der Waals surface area contributed by atoms with E-state index in [0.717, 1.165) is 44.9 Å². The molecule has 0 fully saturated rings. The molecular formula is C75H145NO8. The Bertz CT molecular complexity index is 1380. The van der Waals surface area contributed by atoms with E-state index in [1.54, 1.807) is 0 Å². The van der Waals surface area contributed by atoms with Gasteiger partial charge >= 0.3 is 11.9 Å². The summed E-state index contributed by atoms with van der Waals surface area (Å²) < 4.78 is 22.8. The highest BCUT2D eigenvalue weighted by molar-refractivity contribution is 5.70. The molecule has 0 saturated carbocycles. The maximum atomic E-state index is 12.9. The predicted molar refractivity (Wildman–Crippen MR) is 357 cm³/mol. The van der Waals surface area contributed by atoms with Crippen LogP contribution in [0.15, 0.2) is 12.2 Å². The van der Waals surface area contributed by atoms with Crippen molar-refractivity contribution in [1.82, 2.24) is 0 Å². The summed E-state index contributed by atoms with van der Waals surface area (Å²) in [4.78, 5) is 37.4. The zero-order valence-corrected chi connectivity index (χ0v) is 57.1. The van der Waals surface area contributed by atoms with Crippen LogP contribution < -0.4 is 5.11 Å². The Labute approximate surface area is 523 Å². The molecule has 0 aliphatic rings. The number of esters is 2. The molecule has 0 rings (SSSR count). The van der Waals surface area contributed by atoms with Gasteiger partial charge < -0.3 is 33.3 Å². The Morgan fingerprint density at radius 3 is 0.881 bits per heavy atom. The van der Waals surface area contributed by atoms with Crippen molar-refractivity contribution in [3.05, 3.63) is 12.2 Å².